The van der Waals surface area contributed by atoms with E-state index in [1.165, 1.54) is 0 Å². The van der Waals surface area contributed by atoms with Crippen LogP contribution >= 0.6 is 0 Å². The van der Waals surface area contributed by atoms with Crippen molar-refractivity contribution < 1.29 is 14.7 Å². The molecule has 0 spiro atoms. The Hall–Kier alpha value is -1.14. The average Bonchev–Trinajstić information content (AvgIpc) is 2.10. The van der Waals surface area contributed by atoms with Crippen molar-refractivity contribution in [3.8, 4) is 0 Å². The Morgan fingerprint density at radius 1 is 1.54 bits per heavy atom. The van der Waals surface area contributed by atoms with Gasteiger partial charge in [-0.1, -0.05) is 0 Å². The number of aliphatic carboxylic acids is 1. The SMILES string of the molecule is CNCCC(=O)NC[C@H](N)C(=O)O. The van der Waals surface area contributed by atoms with Crippen molar-refractivity contribution in [3.63, 3.8) is 0 Å². The summed E-state index contributed by atoms with van der Waals surface area (Å²) < 4.78 is 0. The topological polar surface area (TPSA) is 104 Å². The molecule has 0 aromatic carbocycles. The first-order valence-corrected chi connectivity index (χ1v) is 3.97. The number of carboxylic acid groups (broad SMARTS) is 1. The summed E-state index contributed by atoms with van der Waals surface area (Å²) in [5.41, 5.74) is 5.16. The van der Waals surface area contributed by atoms with E-state index in [4.69, 9.17) is 10.8 Å². The van der Waals surface area contributed by atoms with Gasteiger partial charge in [-0.05, 0) is 7.05 Å². The molecule has 0 aromatic rings. The lowest BCUT2D eigenvalue weighted by atomic mass is 10.3. The number of nitrogens with one attached hydrogen (secondary N) is 2. The number of hydrogen-bond donors (Lipinski definition) is 4. The van der Waals surface area contributed by atoms with E-state index in [2.05, 4.69) is 10.6 Å². The van der Waals surface area contributed by atoms with Gasteiger partial charge in [-0.2, -0.15) is 0 Å². The lowest BCUT2D eigenvalue weighted by Crippen LogP contribution is -2.42. The molecule has 0 aliphatic rings. The zero-order valence-corrected chi connectivity index (χ0v) is 7.54. The zero-order valence-electron chi connectivity index (χ0n) is 7.54. The van der Waals surface area contributed by atoms with Crippen LogP contribution in [0.25, 0.3) is 0 Å². The van der Waals surface area contributed by atoms with Gasteiger partial charge >= 0.3 is 5.97 Å². The summed E-state index contributed by atoms with van der Waals surface area (Å²) in [5, 5.41) is 13.6. The first-order chi connectivity index (χ1) is 6.07. The van der Waals surface area contributed by atoms with Gasteiger partial charge in [-0.15, -0.1) is 0 Å². The van der Waals surface area contributed by atoms with E-state index >= 15 is 0 Å². The molecular formula is C7H15N3O3. The second kappa shape index (κ2) is 6.38. The predicted octanol–water partition coefficient (Wildman–Crippen LogP) is -1.88. The van der Waals surface area contributed by atoms with Gasteiger partial charge in [0.25, 0.3) is 0 Å². The van der Waals surface area contributed by atoms with Gasteiger partial charge in [0.15, 0.2) is 0 Å². The number of nitrogens with two attached hydrogens (primary N) is 1. The molecule has 0 fully saturated rings. The van der Waals surface area contributed by atoms with E-state index in [1.54, 1.807) is 7.05 Å². The van der Waals surface area contributed by atoms with Crippen LogP contribution in [-0.2, 0) is 9.59 Å². The molecule has 0 bridgehead atoms. The third-order valence-corrected chi connectivity index (χ3v) is 1.44. The Morgan fingerprint density at radius 2 is 2.15 bits per heavy atom. The van der Waals surface area contributed by atoms with Gasteiger partial charge in [0, 0.05) is 19.5 Å². The first-order valence-electron chi connectivity index (χ1n) is 3.97. The molecule has 13 heavy (non-hydrogen) atoms. The molecule has 0 unspecified atom stereocenters. The van der Waals surface area contributed by atoms with Crippen molar-refractivity contribution in [2.24, 2.45) is 5.73 Å². The van der Waals surface area contributed by atoms with Gasteiger partial charge in [-0.25, -0.2) is 0 Å². The highest BCUT2D eigenvalue weighted by Crippen LogP contribution is 1.79. The second-order valence-corrected chi connectivity index (χ2v) is 2.60. The normalized spacial score (nSPS) is 12.2. The molecule has 0 aliphatic carbocycles. The number of carbonyl (C=O) groups excluding carboxylic acids is 1. The van der Waals surface area contributed by atoms with Crippen molar-refractivity contribution in [2.75, 3.05) is 20.1 Å². The van der Waals surface area contributed by atoms with Crippen LogP contribution in [0.3, 0.4) is 0 Å². The van der Waals surface area contributed by atoms with E-state index in [-0.39, 0.29) is 12.5 Å². The third-order valence-electron chi connectivity index (χ3n) is 1.44. The molecular weight excluding hydrogens is 174 g/mol. The summed E-state index contributed by atoms with van der Waals surface area (Å²) in [7, 11) is 1.73. The second-order valence-electron chi connectivity index (χ2n) is 2.60. The molecule has 0 saturated carbocycles. The Balaban J connectivity index is 3.52. The Morgan fingerprint density at radius 3 is 2.62 bits per heavy atom. The maximum Gasteiger partial charge on any atom is 0.322 e. The number of hydrogen-bond acceptors (Lipinski definition) is 4. The first kappa shape index (κ1) is 11.9. The summed E-state index contributed by atoms with van der Waals surface area (Å²) in [6, 6.07) is -1.03. The molecule has 1 atom stereocenters. The van der Waals surface area contributed by atoms with E-state index < -0.39 is 12.0 Å². The fourth-order valence-corrected chi connectivity index (χ4v) is 0.638. The van der Waals surface area contributed by atoms with Crippen LogP contribution < -0.4 is 16.4 Å². The van der Waals surface area contributed by atoms with E-state index in [0.29, 0.717) is 13.0 Å². The highest BCUT2D eigenvalue weighted by Gasteiger charge is 2.11. The molecule has 6 nitrogen and oxygen atoms in total. The van der Waals surface area contributed by atoms with Crippen molar-refractivity contribution >= 4 is 11.9 Å². The number of carbonyl (C=O) groups is 2. The van der Waals surface area contributed by atoms with Gasteiger partial charge < -0.3 is 21.5 Å². The highest BCUT2D eigenvalue weighted by atomic mass is 16.4. The fraction of sp³-hybridized carbons (Fsp3) is 0.714. The number of rotatable bonds is 6. The van der Waals surface area contributed by atoms with Gasteiger partial charge in [0.05, 0.1) is 0 Å². The standard InChI is InChI=1S/C7H15N3O3/c1-9-3-2-6(11)10-4-5(8)7(12)13/h5,9H,2-4,8H2,1H3,(H,10,11)(H,12,13)/t5-/m0/s1. The number of amides is 1. The highest BCUT2D eigenvalue weighted by molar-refractivity contribution is 5.78. The van der Waals surface area contributed by atoms with Crippen molar-refractivity contribution in [3.05, 3.63) is 0 Å². The number of carboxylic acids is 1. The summed E-state index contributed by atoms with van der Waals surface area (Å²) in [4.78, 5) is 21.2. The molecule has 0 aliphatic heterocycles. The predicted molar refractivity (Wildman–Crippen MR) is 47.2 cm³/mol. The lowest BCUT2D eigenvalue weighted by molar-refractivity contribution is -0.138. The van der Waals surface area contributed by atoms with Crippen LogP contribution in [0.15, 0.2) is 0 Å². The Labute approximate surface area is 76.5 Å². The summed E-state index contributed by atoms with van der Waals surface area (Å²) in [6.45, 7) is 0.534. The van der Waals surface area contributed by atoms with Crippen LogP contribution in [0, 0.1) is 0 Å². The van der Waals surface area contributed by atoms with E-state index in [1.807, 2.05) is 0 Å². The Bertz CT molecular complexity index is 184. The summed E-state index contributed by atoms with van der Waals surface area (Å²) in [6.07, 6.45) is 0.322. The maximum atomic E-state index is 10.9. The van der Waals surface area contributed by atoms with Crippen LogP contribution in [0.5, 0.6) is 0 Å². The minimum atomic E-state index is -1.12. The molecule has 0 rings (SSSR count). The molecule has 1 amide bonds. The zero-order chi connectivity index (χ0) is 10.3. The molecule has 0 saturated heterocycles. The van der Waals surface area contributed by atoms with E-state index in [9.17, 15) is 9.59 Å². The smallest absolute Gasteiger partial charge is 0.322 e. The molecule has 6 heteroatoms. The quantitative estimate of drug-likeness (QED) is 0.391. The molecule has 0 heterocycles. The average molecular weight is 189 g/mol. The fourth-order valence-electron chi connectivity index (χ4n) is 0.638. The lowest BCUT2D eigenvalue weighted by Gasteiger charge is -2.07. The van der Waals surface area contributed by atoms with Crippen molar-refractivity contribution in [1.82, 2.24) is 10.6 Å². The maximum absolute atomic E-state index is 10.9. The molecule has 0 aromatic heterocycles. The minimum absolute atomic E-state index is 0.0299. The summed E-state index contributed by atoms with van der Waals surface area (Å²) >= 11 is 0. The van der Waals surface area contributed by atoms with Crippen molar-refractivity contribution in [2.45, 2.75) is 12.5 Å². The van der Waals surface area contributed by atoms with Crippen LogP contribution in [0.2, 0.25) is 0 Å². The summed E-state index contributed by atoms with van der Waals surface area (Å²) in [5.74, 6) is -1.32. The minimum Gasteiger partial charge on any atom is -0.480 e. The van der Waals surface area contributed by atoms with Crippen LogP contribution in [0.4, 0.5) is 0 Å². The van der Waals surface area contributed by atoms with Crippen LogP contribution in [-0.4, -0.2) is 43.2 Å². The molecule has 0 radical (unpaired) electrons. The van der Waals surface area contributed by atoms with Crippen molar-refractivity contribution in [1.29, 1.82) is 0 Å². The monoisotopic (exact) mass is 189 g/mol. The Kier molecular flexibility index (Phi) is 5.82. The van der Waals surface area contributed by atoms with Gasteiger partial charge in [-0.3, -0.25) is 9.59 Å². The van der Waals surface area contributed by atoms with Gasteiger partial charge in [0.1, 0.15) is 6.04 Å². The van der Waals surface area contributed by atoms with Gasteiger partial charge in [0.2, 0.25) is 5.91 Å². The van der Waals surface area contributed by atoms with Crippen LogP contribution in [0.1, 0.15) is 6.42 Å². The largest absolute Gasteiger partial charge is 0.480 e. The molecule has 76 valence electrons. The van der Waals surface area contributed by atoms with E-state index in [0.717, 1.165) is 0 Å². The third kappa shape index (κ3) is 6.06. The molecule has 5 N–H and O–H groups in total.